The summed E-state index contributed by atoms with van der Waals surface area (Å²) in [4.78, 5) is 0. The fraction of sp³-hybridized carbons (Fsp3) is 0.667. The second-order valence-electron chi connectivity index (χ2n) is 2.05. The molecule has 0 atom stereocenters. The SMILES string of the molecule is CCOC(=S)[S-].CCOC(=S)[S-].CCOC(=S)[S-].[Au+3]. The van der Waals surface area contributed by atoms with Gasteiger partial charge in [0.2, 0.25) is 0 Å². The zero-order valence-electron chi connectivity index (χ0n) is 10.6. The Kier molecular flexibility index (Phi) is 35.9. The van der Waals surface area contributed by atoms with Crippen molar-refractivity contribution >= 4 is 87.7 Å². The molecule has 0 N–H and O–H groups in total. The van der Waals surface area contributed by atoms with Crippen LogP contribution in [0.2, 0.25) is 0 Å². The fourth-order valence-corrected chi connectivity index (χ4v) is 1.06. The molecule has 0 aromatic heterocycles. The third kappa shape index (κ3) is 54.8. The first-order valence-electron chi connectivity index (χ1n) is 4.82. The molecule has 0 spiro atoms. The molecule has 0 fully saturated rings. The Morgan fingerprint density at radius 1 is 0.684 bits per heavy atom. The Labute approximate surface area is 163 Å². The van der Waals surface area contributed by atoms with E-state index in [1.54, 1.807) is 0 Å². The maximum absolute atomic E-state index is 4.59. The van der Waals surface area contributed by atoms with Crippen LogP contribution in [-0.4, -0.2) is 33.0 Å². The van der Waals surface area contributed by atoms with Gasteiger partial charge in [-0.15, -0.1) is 0 Å². The van der Waals surface area contributed by atoms with Crippen LogP contribution < -0.4 is 0 Å². The first-order valence-corrected chi connectivity index (χ1v) is 7.27. The molecular formula is C9H15AuO3S6. The second-order valence-corrected chi connectivity index (χ2v) is 5.05. The van der Waals surface area contributed by atoms with E-state index in [2.05, 4.69) is 88.8 Å². The predicted molar refractivity (Wildman–Crippen MR) is 94.8 cm³/mol. The van der Waals surface area contributed by atoms with Gasteiger partial charge in [0.05, 0.1) is 19.8 Å². The number of hydrogen-bond donors (Lipinski definition) is 0. The summed E-state index contributed by atoms with van der Waals surface area (Å²) in [6.45, 7) is 7.29. The van der Waals surface area contributed by atoms with Crippen LogP contribution in [0.1, 0.15) is 20.8 Å². The van der Waals surface area contributed by atoms with Crippen molar-refractivity contribution in [2.45, 2.75) is 20.8 Å². The van der Waals surface area contributed by atoms with Crippen molar-refractivity contribution in [3.63, 3.8) is 0 Å². The predicted octanol–water partition coefficient (Wildman–Crippen LogP) is 2.56. The van der Waals surface area contributed by atoms with Crippen molar-refractivity contribution in [2.24, 2.45) is 0 Å². The average Bonchev–Trinajstić information content (AvgIpc) is 2.18. The van der Waals surface area contributed by atoms with Crippen molar-refractivity contribution in [1.82, 2.24) is 0 Å². The summed E-state index contributed by atoms with van der Waals surface area (Å²) < 4.78 is 14.4. The van der Waals surface area contributed by atoms with Crippen LogP contribution in [0.4, 0.5) is 0 Å². The van der Waals surface area contributed by atoms with E-state index in [1.165, 1.54) is 0 Å². The van der Waals surface area contributed by atoms with Crippen LogP contribution >= 0.6 is 36.7 Å². The molecule has 0 bridgehead atoms. The van der Waals surface area contributed by atoms with Crippen molar-refractivity contribution in [3.8, 4) is 0 Å². The molecule has 0 heterocycles. The molecule has 0 aromatic rings. The first kappa shape index (κ1) is 28.3. The van der Waals surface area contributed by atoms with Crippen molar-refractivity contribution in [1.29, 1.82) is 0 Å². The third-order valence-corrected chi connectivity index (χ3v) is 1.49. The van der Waals surface area contributed by atoms with E-state index in [-0.39, 0.29) is 35.5 Å². The largest absolute Gasteiger partial charge is 3.00 e. The van der Waals surface area contributed by atoms with Crippen LogP contribution in [0, 0.1) is 0 Å². The Morgan fingerprint density at radius 3 is 0.842 bits per heavy atom. The smallest absolute Gasteiger partial charge is 0.514 e. The number of rotatable bonds is 3. The monoisotopic (exact) mass is 560 g/mol. The number of hydrogen-bond acceptors (Lipinski definition) is 9. The van der Waals surface area contributed by atoms with Crippen molar-refractivity contribution in [2.75, 3.05) is 19.8 Å². The molecule has 10 heteroatoms. The van der Waals surface area contributed by atoms with Gasteiger partial charge in [-0.1, -0.05) is 0 Å². The minimum atomic E-state index is 0. The minimum Gasteiger partial charge on any atom is -0.514 e. The van der Waals surface area contributed by atoms with Gasteiger partial charge in [-0.05, 0) is 20.8 Å². The number of ether oxygens (including phenoxy) is 3. The molecule has 0 rings (SSSR count). The molecule has 0 radical (unpaired) electrons. The molecule has 0 amide bonds. The topological polar surface area (TPSA) is 27.7 Å². The van der Waals surface area contributed by atoms with Gasteiger partial charge in [0.25, 0.3) is 0 Å². The van der Waals surface area contributed by atoms with Crippen LogP contribution in [0.25, 0.3) is 0 Å². The van der Waals surface area contributed by atoms with E-state index in [1.807, 2.05) is 20.8 Å². The maximum Gasteiger partial charge on any atom is 3.00 e. The van der Waals surface area contributed by atoms with Gasteiger partial charge in [0.1, 0.15) is 0 Å². The van der Waals surface area contributed by atoms with E-state index in [0.29, 0.717) is 19.8 Å². The zero-order valence-corrected chi connectivity index (χ0v) is 17.7. The molecule has 0 saturated heterocycles. The molecule has 0 saturated carbocycles. The molecule has 0 aliphatic heterocycles. The van der Waals surface area contributed by atoms with Gasteiger partial charge in [0, 0.05) is 13.1 Å². The van der Waals surface area contributed by atoms with E-state index in [9.17, 15) is 0 Å². The van der Waals surface area contributed by atoms with Gasteiger partial charge < -0.3 is 88.8 Å². The molecule has 0 unspecified atom stereocenters. The molecular weight excluding hydrogens is 545 g/mol. The molecule has 0 aliphatic carbocycles. The maximum atomic E-state index is 4.59. The van der Waals surface area contributed by atoms with E-state index >= 15 is 0 Å². The first-order chi connectivity index (χ1) is 8.31. The number of thiocarbonyl (C=S) groups is 3. The summed E-state index contributed by atoms with van der Waals surface area (Å²) in [6.07, 6.45) is 0. The minimum absolute atomic E-state index is 0. The standard InChI is InChI=1S/3C3H6OS2.Au/c3*1-2-4-3(5)6;/h3*2H2,1H3,(H,5,6);/q;;;+3/p-3. The summed E-state index contributed by atoms with van der Waals surface area (Å²) in [7, 11) is 0. The Morgan fingerprint density at radius 2 is 0.842 bits per heavy atom. The van der Waals surface area contributed by atoms with Crippen LogP contribution in [0.5, 0.6) is 0 Å². The normalized spacial score (nSPS) is 7.11. The Hall–Kier alpha value is 1.07. The third-order valence-electron chi connectivity index (χ3n) is 0.787. The summed E-state index contributed by atoms with van der Waals surface area (Å²) in [6, 6.07) is 0. The molecule has 116 valence electrons. The summed E-state index contributed by atoms with van der Waals surface area (Å²) >= 11 is 26.3. The van der Waals surface area contributed by atoms with Gasteiger partial charge in [-0.25, -0.2) is 0 Å². The van der Waals surface area contributed by atoms with Crippen molar-refractivity contribution < 1.29 is 36.6 Å². The summed E-state index contributed by atoms with van der Waals surface area (Å²) in [5.74, 6) is 0. The molecule has 0 aromatic carbocycles. The van der Waals surface area contributed by atoms with E-state index in [0.717, 1.165) is 0 Å². The summed E-state index contributed by atoms with van der Waals surface area (Å²) in [5, 5.41) is 0. The van der Waals surface area contributed by atoms with Gasteiger partial charge >= 0.3 is 22.4 Å². The molecule has 19 heavy (non-hydrogen) atoms. The van der Waals surface area contributed by atoms with E-state index < -0.39 is 0 Å². The van der Waals surface area contributed by atoms with Crippen LogP contribution in [0.3, 0.4) is 0 Å². The van der Waals surface area contributed by atoms with Gasteiger partial charge in [-0.3, -0.25) is 0 Å². The van der Waals surface area contributed by atoms with Gasteiger partial charge in [0.15, 0.2) is 0 Å². The Balaban J connectivity index is -0.0000000865. The molecule has 3 nitrogen and oxygen atoms in total. The zero-order chi connectivity index (χ0) is 15.0. The quantitative estimate of drug-likeness (QED) is 0.294. The Bertz CT molecular complexity index is 202. The second kappa shape index (κ2) is 24.1. The van der Waals surface area contributed by atoms with E-state index in [4.69, 9.17) is 0 Å². The van der Waals surface area contributed by atoms with Crippen LogP contribution in [0.15, 0.2) is 0 Å². The average molecular weight is 561 g/mol. The van der Waals surface area contributed by atoms with Gasteiger partial charge in [-0.2, -0.15) is 0 Å². The summed E-state index contributed by atoms with van der Waals surface area (Å²) in [5.41, 5.74) is 0. The van der Waals surface area contributed by atoms with Crippen molar-refractivity contribution in [3.05, 3.63) is 0 Å². The molecule has 0 aliphatic rings. The fourth-order valence-electron chi connectivity index (χ4n) is 0.354. The van der Waals surface area contributed by atoms with Crippen LogP contribution in [-0.2, 0) is 74.5 Å².